The number of carbonyl (C=O) groups is 3. The number of piperidine rings is 3. The van der Waals surface area contributed by atoms with Crippen molar-refractivity contribution in [3.8, 4) is 0 Å². The molecule has 1 aromatic heterocycles. The van der Waals surface area contributed by atoms with E-state index in [1.54, 1.807) is 0 Å². The molecule has 256 valence electrons. The quantitative estimate of drug-likeness (QED) is 0.303. The van der Waals surface area contributed by atoms with E-state index in [1.165, 1.54) is 12.8 Å². The maximum absolute atomic E-state index is 14.3. The molecule has 0 aliphatic carbocycles. The normalized spacial score (nSPS) is 21.4. The van der Waals surface area contributed by atoms with Crippen LogP contribution in [0.15, 0.2) is 42.6 Å². The highest BCUT2D eigenvalue weighted by atomic mass is 16.2. The fourth-order valence-electron chi connectivity index (χ4n) is 8.57. The number of rotatable bonds is 6. The molecular formula is C37H50N8O3. The SMILES string of the molecule is Cc1cc(C(C)C(NC(=O)N2CCC(N3CCc4ccccc4NC3=O)CC2)C(=O)N2CCC(C3CCNCC3)CC2)cc2cn[nH]c12. The monoisotopic (exact) mass is 654 g/mol. The van der Waals surface area contributed by atoms with Crippen LogP contribution in [0.5, 0.6) is 0 Å². The Morgan fingerprint density at radius 2 is 1.62 bits per heavy atom. The number of urea groups is 2. The van der Waals surface area contributed by atoms with Crippen molar-refractivity contribution in [2.24, 2.45) is 11.8 Å². The molecule has 11 heteroatoms. The largest absolute Gasteiger partial charge is 0.341 e. The summed E-state index contributed by atoms with van der Waals surface area (Å²) >= 11 is 0. The molecule has 48 heavy (non-hydrogen) atoms. The predicted octanol–water partition coefficient (Wildman–Crippen LogP) is 4.85. The maximum Gasteiger partial charge on any atom is 0.322 e. The first kappa shape index (κ1) is 32.4. The Kier molecular flexibility index (Phi) is 9.57. The minimum absolute atomic E-state index is 0.000226. The van der Waals surface area contributed by atoms with E-state index in [4.69, 9.17) is 0 Å². The average molecular weight is 655 g/mol. The van der Waals surface area contributed by atoms with Gasteiger partial charge in [0.05, 0.1) is 11.7 Å². The van der Waals surface area contributed by atoms with Gasteiger partial charge in [-0.3, -0.25) is 9.89 Å². The van der Waals surface area contributed by atoms with Gasteiger partial charge in [-0.1, -0.05) is 31.2 Å². The molecule has 5 amide bonds. The van der Waals surface area contributed by atoms with Crippen LogP contribution in [0.2, 0.25) is 0 Å². The Morgan fingerprint density at radius 1 is 0.917 bits per heavy atom. The smallest absolute Gasteiger partial charge is 0.322 e. The topological polar surface area (TPSA) is 126 Å². The number of likely N-dealkylation sites (tertiary alicyclic amines) is 2. The first-order chi connectivity index (χ1) is 23.4. The summed E-state index contributed by atoms with van der Waals surface area (Å²) in [6.07, 6.45) is 8.50. The molecule has 4 N–H and O–H groups in total. The van der Waals surface area contributed by atoms with Crippen LogP contribution in [0.3, 0.4) is 0 Å². The minimum Gasteiger partial charge on any atom is -0.341 e. The van der Waals surface area contributed by atoms with E-state index in [1.807, 2.05) is 52.9 Å². The van der Waals surface area contributed by atoms with Gasteiger partial charge in [-0.15, -0.1) is 0 Å². The zero-order valence-corrected chi connectivity index (χ0v) is 28.3. The zero-order chi connectivity index (χ0) is 33.2. The van der Waals surface area contributed by atoms with Crippen molar-refractivity contribution in [3.05, 3.63) is 59.3 Å². The molecule has 2 aromatic carbocycles. The van der Waals surface area contributed by atoms with Gasteiger partial charge < -0.3 is 30.7 Å². The Hall–Kier alpha value is -4.12. The van der Waals surface area contributed by atoms with E-state index in [0.29, 0.717) is 38.4 Å². The first-order valence-electron chi connectivity index (χ1n) is 18.0. The molecule has 0 radical (unpaired) electrons. The second-order valence-corrected chi connectivity index (χ2v) is 14.4. The molecule has 3 aromatic rings. The standard InChI is InChI=1S/C37H50N8O3/c1-24-21-29(22-30-23-39-42-33(24)30)25(2)34(35(46)43-16-9-27(10-17-43)26-7-14-38-15-8-26)41-36(47)44-18-12-31(13-19-44)45-20-11-28-5-3-4-6-32(28)40-37(45)48/h3-6,21-23,25-27,31,34,38H,7-20H2,1-2H3,(H,39,42)(H,40,48)(H,41,47). The summed E-state index contributed by atoms with van der Waals surface area (Å²) in [6, 6.07) is 11.2. The fourth-order valence-corrected chi connectivity index (χ4v) is 8.57. The van der Waals surface area contributed by atoms with Crippen LogP contribution in [-0.4, -0.2) is 101 Å². The second kappa shape index (κ2) is 14.2. The van der Waals surface area contributed by atoms with E-state index < -0.39 is 6.04 Å². The van der Waals surface area contributed by atoms with Gasteiger partial charge in [0.15, 0.2) is 0 Å². The van der Waals surface area contributed by atoms with Crippen molar-refractivity contribution in [2.45, 2.75) is 76.8 Å². The molecule has 0 saturated carbocycles. The first-order valence-corrected chi connectivity index (χ1v) is 18.0. The molecule has 0 bridgehead atoms. The highest BCUT2D eigenvalue weighted by Gasteiger charge is 2.37. The number of para-hydroxylation sites is 1. The molecule has 4 aliphatic heterocycles. The molecular weight excluding hydrogens is 604 g/mol. The summed E-state index contributed by atoms with van der Waals surface area (Å²) in [5, 5.41) is 18.1. The van der Waals surface area contributed by atoms with Gasteiger partial charge in [-0.25, -0.2) is 9.59 Å². The van der Waals surface area contributed by atoms with Gasteiger partial charge in [0.2, 0.25) is 5.91 Å². The number of amides is 5. The number of benzene rings is 2. The van der Waals surface area contributed by atoms with Crippen LogP contribution in [0.4, 0.5) is 15.3 Å². The minimum atomic E-state index is -0.690. The lowest BCUT2D eigenvalue weighted by molar-refractivity contribution is -0.135. The Labute approximate surface area is 283 Å². The van der Waals surface area contributed by atoms with Crippen molar-refractivity contribution in [1.82, 2.24) is 35.5 Å². The van der Waals surface area contributed by atoms with Crippen LogP contribution in [0, 0.1) is 18.8 Å². The molecule has 11 nitrogen and oxygen atoms in total. The third-order valence-electron chi connectivity index (χ3n) is 11.6. The van der Waals surface area contributed by atoms with Crippen molar-refractivity contribution in [2.75, 3.05) is 51.1 Å². The molecule has 4 aliphatic rings. The van der Waals surface area contributed by atoms with Crippen LogP contribution >= 0.6 is 0 Å². The summed E-state index contributed by atoms with van der Waals surface area (Å²) in [5.41, 5.74) is 5.09. The number of nitrogens with one attached hydrogen (secondary N) is 4. The lowest BCUT2D eigenvalue weighted by Gasteiger charge is -2.41. The summed E-state index contributed by atoms with van der Waals surface area (Å²) in [4.78, 5) is 47.1. The van der Waals surface area contributed by atoms with Crippen molar-refractivity contribution in [1.29, 1.82) is 0 Å². The fraction of sp³-hybridized carbons (Fsp3) is 0.568. The summed E-state index contributed by atoms with van der Waals surface area (Å²) in [6.45, 7) is 9.47. The van der Waals surface area contributed by atoms with Gasteiger partial charge in [0.25, 0.3) is 0 Å². The van der Waals surface area contributed by atoms with Gasteiger partial charge in [0.1, 0.15) is 6.04 Å². The summed E-state index contributed by atoms with van der Waals surface area (Å²) in [5.74, 6) is 1.16. The number of aryl methyl sites for hydroxylation is 1. The molecule has 3 fully saturated rings. The third-order valence-corrected chi connectivity index (χ3v) is 11.6. The van der Waals surface area contributed by atoms with Crippen molar-refractivity contribution >= 4 is 34.6 Å². The van der Waals surface area contributed by atoms with Crippen LogP contribution < -0.4 is 16.0 Å². The number of hydrogen-bond donors (Lipinski definition) is 4. The predicted molar refractivity (Wildman–Crippen MR) is 187 cm³/mol. The number of H-pyrrole nitrogens is 1. The van der Waals surface area contributed by atoms with Crippen LogP contribution in [0.1, 0.15) is 68.1 Å². The number of nitrogens with zero attached hydrogens (tertiary/aromatic N) is 4. The Morgan fingerprint density at radius 3 is 2.40 bits per heavy atom. The van der Waals surface area contributed by atoms with Gasteiger partial charge in [-0.05, 0) is 106 Å². The van der Waals surface area contributed by atoms with Crippen LogP contribution in [0.25, 0.3) is 10.9 Å². The number of fused-ring (bicyclic) bond motifs is 2. The van der Waals surface area contributed by atoms with E-state index in [9.17, 15) is 14.4 Å². The van der Waals surface area contributed by atoms with Gasteiger partial charge >= 0.3 is 12.1 Å². The highest BCUT2D eigenvalue weighted by Crippen LogP contribution is 2.33. The van der Waals surface area contributed by atoms with Gasteiger partial charge in [-0.2, -0.15) is 5.10 Å². The average Bonchev–Trinajstić information content (AvgIpc) is 3.54. The molecule has 7 rings (SSSR count). The summed E-state index contributed by atoms with van der Waals surface area (Å²) in [7, 11) is 0. The highest BCUT2D eigenvalue weighted by molar-refractivity contribution is 5.91. The molecule has 2 atom stereocenters. The number of carbonyl (C=O) groups excluding carboxylic acids is 3. The van der Waals surface area contributed by atoms with E-state index in [-0.39, 0.29) is 29.9 Å². The number of anilines is 1. The molecule has 5 heterocycles. The number of aromatic nitrogens is 2. The van der Waals surface area contributed by atoms with Gasteiger partial charge in [0, 0.05) is 55.8 Å². The maximum atomic E-state index is 14.3. The summed E-state index contributed by atoms with van der Waals surface area (Å²) < 4.78 is 0. The molecule has 2 unspecified atom stereocenters. The van der Waals surface area contributed by atoms with Crippen molar-refractivity contribution < 1.29 is 14.4 Å². The van der Waals surface area contributed by atoms with E-state index in [2.05, 4.69) is 44.3 Å². The lowest BCUT2D eigenvalue weighted by Crippen LogP contribution is -2.57. The third kappa shape index (κ3) is 6.74. The van der Waals surface area contributed by atoms with Crippen LogP contribution in [-0.2, 0) is 11.2 Å². The zero-order valence-electron chi connectivity index (χ0n) is 28.3. The van der Waals surface area contributed by atoms with Crippen molar-refractivity contribution in [3.63, 3.8) is 0 Å². The van der Waals surface area contributed by atoms with E-state index in [0.717, 1.165) is 84.6 Å². The second-order valence-electron chi connectivity index (χ2n) is 14.4. The number of aromatic amines is 1. The Bertz CT molecular complexity index is 1620. The Balaban J connectivity index is 1.02. The lowest BCUT2D eigenvalue weighted by atomic mass is 9.79. The number of hydrogen-bond acceptors (Lipinski definition) is 5. The molecule has 3 saturated heterocycles. The molecule has 0 spiro atoms. The van der Waals surface area contributed by atoms with E-state index >= 15 is 0 Å².